The van der Waals surface area contributed by atoms with Crippen molar-refractivity contribution in [3.63, 3.8) is 0 Å². The Kier molecular flexibility index (Phi) is 1.85. The van der Waals surface area contributed by atoms with Crippen molar-refractivity contribution in [2.75, 3.05) is 0 Å². The first-order valence-corrected chi connectivity index (χ1v) is 3.62. The van der Waals surface area contributed by atoms with Gasteiger partial charge in [0.15, 0.2) is 0 Å². The van der Waals surface area contributed by atoms with Crippen molar-refractivity contribution in [2.24, 2.45) is 7.05 Å². The molecular weight excluding hydrogens is 182 g/mol. The molecule has 1 rings (SSSR count). The zero-order chi connectivity index (χ0) is 6.85. The number of nitrogens with zero attached hydrogens (tertiary/aromatic N) is 3. The average Bonchev–Trinajstić information content (AvgIpc) is 2.14. The van der Waals surface area contributed by atoms with E-state index in [0.717, 1.165) is 5.69 Å². The zero-order valence-corrected chi connectivity index (χ0v) is 6.96. The predicted octanol–water partition coefficient (Wildman–Crippen LogP) is 1.27. The monoisotopic (exact) mass is 189 g/mol. The molecule has 50 valence electrons. The predicted molar refractivity (Wildman–Crippen MR) is 38.3 cm³/mol. The Balaban J connectivity index is 2.85. The Morgan fingerprint density at radius 2 is 2.44 bits per heavy atom. The first-order chi connectivity index (χ1) is 4.20. The maximum Gasteiger partial charge on any atom is 0.0960 e. The Morgan fingerprint density at radius 3 is 2.67 bits per heavy atom. The van der Waals surface area contributed by atoms with Gasteiger partial charge >= 0.3 is 0 Å². The summed E-state index contributed by atoms with van der Waals surface area (Å²) in [4.78, 5) is 0.297. The number of alkyl halides is 1. The number of hydrogen-bond acceptors (Lipinski definition) is 2. The lowest BCUT2D eigenvalue weighted by Gasteiger charge is -1.91. The van der Waals surface area contributed by atoms with Crippen LogP contribution < -0.4 is 0 Å². The van der Waals surface area contributed by atoms with E-state index in [9.17, 15) is 0 Å². The fourth-order valence-corrected chi connectivity index (χ4v) is 0.757. The summed E-state index contributed by atoms with van der Waals surface area (Å²) in [5.41, 5.74) is 0.970. The molecule has 0 radical (unpaired) electrons. The maximum absolute atomic E-state index is 3.88. The molecule has 0 aliphatic rings. The molecule has 0 fully saturated rings. The number of aromatic nitrogens is 3. The van der Waals surface area contributed by atoms with E-state index in [1.54, 1.807) is 4.68 Å². The van der Waals surface area contributed by atoms with Crippen LogP contribution in [0.3, 0.4) is 0 Å². The van der Waals surface area contributed by atoms with E-state index in [4.69, 9.17) is 0 Å². The molecule has 0 aliphatic carbocycles. The van der Waals surface area contributed by atoms with Gasteiger partial charge < -0.3 is 0 Å². The smallest absolute Gasteiger partial charge is 0.0960 e. The molecule has 0 aromatic carbocycles. The molecule has 0 amide bonds. The summed E-state index contributed by atoms with van der Waals surface area (Å²) in [7, 11) is 1.85. The second-order valence-electron chi connectivity index (χ2n) is 1.93. The molecule has 0 saturated heterocycles. The van der Waals surface area contributed by atoms with Crippen LogP contribution >= 0.6 is 15.9 Å². The fourth-order valence-electron chi connectivity index (χ4n) is 0.548. The molecule has 0 aliphatic heterocycles. The molecular formula is C5H8BrN3. The normalized spacial score (nSPS) is 13.7. The third-order valence-corrected chi connectivity index (χ3v) is 1.50. The molecule has 0 spiro atoms. The van der Waals surface area contributed by atoms with Crippen LogP contribution in [-0.4, -0.2) is 15.0 Å². The van der Waals surface area contributed by atoms with Crippen molar-refractivity contribution in [3.05, 3.63) is 11.9 Å². The van der Waals surface area contributed by atoms with Gasteiger partial charge in [-0.3, -0.25) is 4.68 Å². The summed E-state index contributed by atoms with van der Waals surface area (Å²) in [6.07, 6.45) is 1.89. The minimum Gasteiger partial charge on any atom is -0.255 e. The van der Waals surface area contributed by atoms with Gasteiger partial charge in [0.05, 0.1) is 10.5 Å². The van der Waals surface area contributed by atoms with Crippen molar-refractivity contribution in [2.45, 2.75) is 11.8 Å². The van der Waals surface area contributed by atoms with Crippen molar-refractivity contribution in [1.29, 1.82) is 0 Å². The van der Waals surface area contributed by atoms with Crippen LogP contribution in [0.2, 0.25) is 0 Å². The number of aryl methyl sites for hydroxylation is 1. The van der Waals surface area contributed by atoms with Gasteiger partial charge in [-0.05, 0) is 6.92 Å². The van der Waals surface area contributed by atoms with Crippen LogP contribution in [0, 0.1) is 0 Å². The van der Waals surface area contributed by atoms with E-state index in [1.165, 1.54) is 0 Å². The lowest BCUT2D eigenvalue weighted by Crippen LogP contribution is -1.85. The van der Waals surface area contributed by atoms with Crippen LogP contribution in [0.25, 0.3) is 0 Å². The molecule has 1 aromatic heterocycles. The summed E-state index contributed by atoms with van der Waals surface area (Å²) in [6, 6.07) is 0. The molecule has 4 heteroatoms. The maximum atomic E-state index is 3.88. The highest BCUT2D eigenvalue weighted by molar-refractivity contribution is 9.09. The van der Waals surface area contributed by atoms with Gasteiger partial charge in [0.2, 0.25) is 0 Å². The standard InChI is InChI=1S/C5H8BrN3/c1-4(6)5-3-9(2)8-7-5/h3-4H,1-2H3. The Morgan fingerprint density at radius 1 is 1.78 bits per heavy atom. The van der Waals surface area contributed by atoms with E-state index in [1.807, 2.05) is 20.2 Å². The van der Waals surface area contributed by atoms with E-state index >= 15 is 0 Å². The SMILES string of the molecule is CC(Br)c1cn(C)nn1. The zero-order valence-electron chi connectivity index (χ0n) is 5.37. The second-order valence-corrected chi connectivity index (χ2v) is 3.31. The Bertz CT molecular complexity index is 194. The third-order valence-electron chi connectivity index (χ3n) is 1.03. The van der Waals surface area contributed by atoms with E-state index in [-0.39, 0.29) is 0 Å². The topological polar surface area (TPSA) is 30.7 Å². The molecule has 0 bridgehead atoms. The molecule has 1 atom stereocenters. The highest BCUT2D eigenvalue weighted by Gasteiger charge is 2.02. The fraction of sp³-hybridized carbons (Fsp3) is 0.600. The van der Waals surface area contributed by atoms with Gasteiger partial charge in [-0.25, -0.2) is 0 Å². The van der Waals surface area contributed by atoms with Gasteiger partial charge in [0.1, 0.15) is 0 Å². The lowest BCUT2D eigenvalue weighted by atomic mass is 10.4. The molecule has 1 heterocycles. The average molecular weight is 190 g/mol. The van der Waals surface area contributed by atoms with Gasteiger partial charge in [-0.2, -0.15) is 0 Å². The largest absolute Gasteiger partial charge is 0.255 e. The van der Waals surface area contributed by atoms with Crippen LogP contribution in [0.1, 0.15) is 17.4 Å². The summed E-state index contributed by atoms with van der Waals surface area (Å²) in [5, 5.41) is 7.66. The van der Waals surface area contributed by atoms with E-state index < -0.39 is 0 Å². The molecule has 3 nitrogen and oxygen atoms in total. The number of rotatable bonds is 1. The summed E-state index contributed by atoms with van der Waals surface area (Å²) < 4.78 is 1.69. The summed E-state index contributed by atoms with van der Waals surface area (Å²) in [5.74, 6) is 0. The van der Waals surface area contributed by atoms with E-state index in [2.05, 4.69) is 26.2 Å². The Labute approximate surface area is 62.2 Å². The van der Waals surface area contributed by atoms with Crippen molar-refractivity contribution in [1.82, 2.24) is 15.0 Å². The quantitative estimate of drug-likeness (QED) is 0.624. The number of hydrogen-bond donors (Lipinski definition) is 0. The van der Waals surface area contributed by atoms with Gasteiger partial charge in [-0.15, -0.1) is 5.10 Å². The van der Waals surface area contributed by atoms with Crippen molar-refractivity contribution in [3.8, 4) is 0 Å². The van der Waals surface area contributed by atoms with Crippen LogP contribution in [0.15, 0.2) is 6.20 Å². The molecule has 9 heavy (non-hydrogen) atoms. The van der Waals surface area contributed by atoms with E-state index in [0.29, 0.717) is 4.83 Å². The second kappa shape index (κ2) is 2.47. The Hall–Kier alpha value is -0.380. The first-order valence-electron chi connectivity index (χ1n) is 2.70. The molecule has 0 N–H and O–H groups in total. The summed E-state index contributed by atoms with van der Waals surface area (Å²) in [6.45, 7) is 2.02. The van der Waals surface area contributed by atoms with Gasteiger partial charge in [0, 0.05) is 13.2 Å². The lowest BCUT2D eigenvalue weighted by molar-refractivity contribution is 0.713. The van der Waals surface area contributed by atoms with Crippen molar-refractivity contribution >= 4 is 15.9 Å². The van der Waals surface area contributed by atoms with Crippen LogP contribution in [-0.2, 0) is 7.05 Å². The van der Waals surface area contributed by atoms with Crippen LogP contribution in [0.4, 0.5) is 0 Å². The molecule has 1 unspecified atom stereocenters. The van der Waals surface area contributed by atoms with Crippen LogP contribution in [0.5, 0.6) is 0 Å². The molecule has 1 aromatic rings. The minimum absolute atomic E-state index is 0.297. The van der Waals surface area contributed by atoms with Crippen molar-refractivity contribution < 1.29 is 0 Å². The first kappa shape index (κ1) is 6.74. The highest BCUT2D eigenvalue weighted by Crippen LogP contribution is 2.17. The van der Waals surface area contributed by atoms with Gasteiger partial charge in [0.25, 0.3) is 0 Å². The highest BCUT2D eigenvalue weighted by atomic mass is 79.9. The third kappa shape index (κ3) is 1.51. The molecule has 0 saturated carbocycles. The minimum atomic E-state index is 0.297. The van der Waals surface area contributed by atoms with Gasteiger partial charge in [-0.1, -0.05) is 21.1 Å². The summed E-state index contributed by atoms with van der Waals surface area (Å²) >= 11 is 3.38. The number of halogens is 1.